The fourth-order valence-electron chi connectivity index (χ4n) is 1.87. The van der Waals surface area contributed by atoms with Gasteiger partial charge in [0.25, 0.3) is 5.91 Å². The van der Waals surface area contributed by atoms with E-state index in [1.165, 1.54) is 12.8 Å². The van der Waals surface area contributed by atoms with Crippen LogP contribution in [0.3, 0.4) is 0 Å². The first kappa shape index (κ1) is 13.1. The molecule has 3 rings (SSSR count). The minimum atomic E-state index is -0.206. The van der Waals surface area contributed by atoms with Crippen molar-refractivity contribution in [3.63, 3.8) is 0 Å². The predicted octanol–water partition coefficient (Wildman–Crippen LogP) is 3.67. The van der Waals surface area contributed by atoms with Gasteiger partial charge in [-0.15, -0.1) is 0 Å². The van der Waals surface area contributed by atoms with Gasteiger partial charge in [0.05, 0.1) is 0 Å². The summed E-state index contributed by atoms with van der Waals surface area (Å²) in [5.74, 6) is -0.206. The molecule has 1 aliphatic rings. The molecular formula is C15H14BrN3O. The van der Waals surface area contributed by atoms with E-state index in [9.17, 15) is 4.79 Å². The van der Waals surface area contributed by atoms with Crippen molar-refractivity contribution in [2.45, 2.75) is 18.9 Å². The molecule has 1 aliphatic carbocycles. The topological polar surface area (TPSA) is 54.0 Å². The van der Waals surface area contributed by atoms with Crippen LogP contribution in [0.4, 0.5) is 11.4 Å². The van der Waals surface area contributed by atoms with Gasteiger partial charge in [-0.2, -0.15) is 0 Å². The van der Waals surface area contributed by atoms with Crippen molar-refractivity contribution in [3.05, 3.63) is 52.8 Å². The lowest BCUT2D eigenvalue weighted by Gasteiger charge is -2.08. The third kappa shape index (κ3) is 3.36. The Hall–Kier alpha value is -1.88. The van der Waals surface area contributed by atoms with Gasteiger partial charge in [0.15, 0.2) is 0 Å². The number of carbonyl (C=O) groups excluding carboxylic acids is 1. The molecule has 1 aromatic heterocycles. The molecule has 4 nitrogen and oxygen atoms in total. The van der Waals surface area contributed by atoms with Gasteiger partial charge < -0.3 is 10.6 Å². The van der Waals surface area contributed by atoms with E-state index in [1.807, 2.05) is 30.3 Å². The Bertz CT molecular complexity index is 641. The van der Waals surface area contributed by atoms with Crippen LogP contribution in [0.2, 0.25) is 0 Å². The minimum absolute atomic E-state index is 0.206. The molecule has 0 bridgehead atoms. The number of hydrogen-bond donors (Lipinski definition) is 2. The molecule has 1 fully saturated rings. The molecule has 0 aliphatic heterocycles. The third-order valence-corrected chi connectivity index (χ3v) is 3.52. The van der Waals surface area contributed by atoms with Gasteiger partial charge in [0.2, 0.25) is 0 Å². The van der Waals surface area contributed by atoms with Gasteiger partial charge >= 0.3 is 0 Å². The monoisotopic (exact) mass is 331 g/mol. The first-order valence-electron chi connectivity index (χ1n) is 6.50. The van der Waals surface area contributed by atoms with Gasteiger partial charge in [0.1, 0.15) is 5.69 Å². The van der Waals surface area contributed by atoms with E-state index in [4.69, 9.17) is 0 Å². The summed E-state index contributed by atoms with van der Waals surface area (Å²) < 4.78 is 0.924. The van der Waals surface area contributed by atoms with Crippen LogP contribution >= 0.6 is 15.9 Å². The highest BCUT2D eigenvalue weighted by Crippen LogP contribution is 2.24. The molecule has 1 saturated carbocycles. The van der Waals surface area contributed by atoms with Crippen molar-refractivity contribution >= 4 is 33.2 Å². The Labute approximate surface area is 125 Å². The zero-order chi connectivity index (χ0) is 13.9. The largest absolute Gasteiger partial charge is 0.382 e. The maximum atomic E-state index is 12.2. The molecule has 0 saturated heterocycles. The van der Waals surface area contributed by atoms with Crippen molar-refractivity contribution in [1.29, 1.82) is 0 Å². The zero-order valence-corrected chi connectivity index (χ0v) is 12.4. The van der Waals surface area contributed by atoms with E-state index >= 15 is 0 Å². The van der Waals surface area contributed by atoms with Crippen LogP contribution in [0.25, 0.3) is 0 Å². The maximum Gasteiger partial charge on any atom is 0.274 e. The summed E-state index contributed by atoms with van der Waals surface area (Å²) in [5.41, 5.74) is 2.10. The van der Waals surface area contributed by atoms with Crippen LogP contribution in [0.15, 0.2) is 47.1 Å². The number of hydrogen-bond acceptors (Lipinski definition) is 3. The average molecular weight is 332 g/mol. The summed E-state index contributed by atoms with van der Waals surface area (Å²) in [6, 6.07) is 11.7. The summed E-state index contributed by atoms with van der Waals surface area (Å²) in [4.78, 5) is 16.3. The molecule has 0 atom stereocenters. The van der Waals surface area contributed by atoms with Crippen LogP contribution in [-0.2, 0) is 0 Å². The lowest BCUT2D eigenvalue weighted by Crippen LogP contribution is -2.14. The van der Waals surface area contributed by atoms with Crippen molar-refractivity contribution < 1.29 is 4.79 Å². The number of benzene rings is 1. The van der Waals surface area contributed by atoms with Gasteiger partial charge in [-0.25, -0.2) is 0 Å². The molecule has 0 unspecified atom stereocenters. The van der Waals surface area contributed by atoms with E-state index in [-0.39, 0.29) is 5.91 Å². The minimum Gasteiger partial charge on any atom is -0.382 e. The highest BCUT2D eigenvalue weighted by atomic mass is 79.9. The number of pyridine rings is 1. The second-order valence-corrected chi connectivity index (χ2v) is 5.73. The van der Waals surface area contributed by atoms with Crippen LogP contribution in [0.5, 0.6) is 0 Å². The molecular weight excluding hydrogens is 318 g/mol. The number of nitrogens with one attached hydrogen (secondary N) is 2. The number of anilines is 2. The quantitative estimate of drug-likeness (QED) is 0.898. The average Bonchev–Trinajstić information content (AvgIpc) is 3.23. The fraction of sp³-hybridized carbons (Fsp3) is 0.200. The molecule has 0 radical (unpaired) electrons. The van der Waals surface area contributed by atoms with Gasteiger partial charge in [0, 0.05) is 28.1 Å². The van der Waals surface area contributed by atoms with E-state index in [1.54, 1.807) is 12.3 Å². The lowest BCUT2D eigenvalue weighted by molar-refractivity contribution is 0.102. The van der Waals surface area contributed by atoms with E-state index in [0.29, 0.717) is 11.7 Å². The van der Waals surface area contributed by atoms with Crippen LogP contribution in [0.1, 0.15) is 23.3 Å². The first-order chi connectivity index (χ1) is 9.70. The fourth-order valence-corrected chi connectivity index (χ4v) is 2.27. The normalized spacial score (nSPS) is 13.8. The highest BCUT2D eigenvalue weighted by Gasteiger charge is 2.21. The highest BCUT2D eigenvalue weighted by molar-refractivity contribution is 9.10. The summed E-state index contributed by atoms with van der Waals surface area (Å²) in [6.07, 6.45) is 4.05. The zero-order valence-electron chi connectivity index (χ0n) is 10.8. The molecule has 1 aromatic carbocycles. The number of nitrogens with zero attached hydrogens (tertiary/aromatic N) is 1. The molecule has 5 heteroatoms. The standard InChI is InChI=1S/C15H14BrN3O/c16-10-2-1-3-12(8-10)19-15(20)14-9-13(6-7-17-14)18-11-4-5-11/h1-3,6-9,11H,4-5H2,(H,17,18)(H,19,20). The van der Waals surface area contributed by atoms with Crippen LogP contribution < -0.4 is 10.6 Å². The molecule has 0 spiro atoms. The van der Waals surface area contributed by atoms with Gasteiger partial charge in [-0.3, -0.25) is 9.78 Å². The second-order valence-electron chi connectivity index (χ2n) is 4.81. The molecule has 2 N–H and O–H groups in total. The maximum absolute atomic E-state index is 12.2. The lowest BCUT2D eigenvalue weighted by atomic mass is 10.2. The van der Waals surface area contributed by atoms with E-state index in [2.05, 4.69) is 31.5 Å². The molecule has 20 heavy (non-hydrogen) atoms. The Kier molecular flexibility index (Phi) is 3.69. The Morgan fingerprint density at radius 1 is 1.20 bits per heavy atom. The summed E-state index contributed by atoms with van der Waals surface area (Å²) in [6.45, 7) is 0. The van der Waals surface area contributed by atoms with Crippen LogP contribution in [0, 0.1) is 0 Å². The predicted molar refractivity (Wildman–Crippen MR) is 83.0 cm³/mol. The van der Waals surface area contributed by atoms with Gasteiger partial charge in [-0.1, -0.05) is 22.0 Å². The summed E-state index contributed by atoms with van der Waals surface area (Å²) >= 11 is 3.38. The number of amides is 1. The summed E-state index contributed by atoms with van der Waals surface area (Å²) in [7, 11) is 0. The Morgan fingerprint density at radius 2 is 2.05 bits per heavy atom. The Balaban J connectivity index is 1.72. The number of carbonyl (C=O) groups is 1. The Morgan fingerprint density at radius 3 is 2.80 bits per heavy atom. The SMILES string of the molecule is O=C(Nc1cccc(Br)c1)c1cc(NC2CC2)ccn1. The van der Waals surface area contributed by atoms with Crippen molar-refractivity contribution in [2.24, 2.45) is 0 Å². The van der Waals surface area contributed by atoms with Crippen molar-refractivity contribution in [3.8, 4) is 0 Å². The third-order valence-electron chi connectivity index (χ3n) is 3.02. The number of halogens is 1. The molecule has 1 heterocycles. The molecule has 1 amide bonds. The molecule has 102 valence electrons. The van der Waals surface area contributed by atoms with Crippen molar-refractivity contribution in [2.75, 3.05) is 10.6 Å². The number of rotatable bonds is 4. The smallest absolute Gasteiger partial charge is 0.274 e. The summed E-state index contributed by atoms with van der Waals surface area (Å²) in [5, 5.41) is 6.19. The van der Waals surface area contributed by atoms with Crippen LogP contribution in [-0.4, -0.2) is 16.9 Å². The first-order valence-corrected chi connectivity index (χ1v) is 7.29. The van der Waals surface area contributed by atoms with Gasteiger partial charge in [-0.05, 0) is 43.2 Å². The van der Waals surface area contributed by atoms with E-state index < -0.39 is 0 Å². The number of aromatic nitrogens is 1. The van der Waals surface area contributed by atoms with E-state index in [0.717, 1.165) is 15.8 Å². The van der Waals surface area contributed by atoms with Crippen molar-refractivity contribution in [1.82, 2.24) is 4.98 Å². The second kappa shape index (κ2) is 5.63. The molecule has 2 aromatic rings.